The van der Waals surface area contributed by atoms with E-state index in [4.69, 9.17) is 4.74 Å². The van der Waals surface area contributed by atoms with Crippen molar-refractivity contribution < 1.29 is 14.3 Å². The van der Waals surface area contributed by atoms with Gasteiger partial charge in [-0.05, 0) is 40.7 Å². The van der Waals surface area contributed by atoms with Crippen molar-refractivity contribution in [2.45, 2.75) is 45.8 Å². The summed E-state index contributed by atoms with van der Waals surface area (Å²) in [6, 6.07) is 2.54. The van der Waals surface area contributed by atoms with Gasteiger partial charge in [0.15, 0.2) is 0 Å². The van der Waals surface area contributed by atoms with Gasteiger partial charge in [0.05, 0.1) is 5.54 Å². The largest absolute Gasteiger partial charge is 0.444 e. The molecule has 0 aliphatic rings. The normalized spacial score (nSPS) is 11.7. The average Bonchev–Trinajstić information content (AvgIpc) is 2.33. The lowest BCUT2D eigenvalue weighted by molar-refractivity contribution is 0.0469. The maximum Gasteiger partial charge on any atom is 0.408 e. The van der Waals surface area contributed by atoms with Gasteiger partial charge in [-0.2, -0.15) is 5.10 Å². The predicted octanol–water partition coefficient (Wildman–Crippen LogP) is 0.803. The molecule has 1 heterocycles. The lowest BCUT2D eigenvalue weighted by Crippen LogP contribution is -2.52. The second-order valence-corrected chi connectivity index (χ2v) is 6.50. The van der Waals surface area contributed by atoms with Gasteiger partial charge in [-0.15, -0.1) is 0 Å². The second kappa shape index (κ2) is 6.59. The van der Waals surface area contributed by atoms with Gasteiger partial charge in [0.2, 0.25) is 0 Å². The minimum Gasteiger partial charge on any atom is -0.444 e. The molecule has 0 fully saturated rings. The van der Waals surface area contributed by atoms with Gasteiger partial charge in [-0.1, -0.05) is 0 Å². The van der Waals surface area contributed by atoms with Crippen molar-refractivity contribution in [2.24, 2.45) is 0 Å². The van der Waals surface area contributed by atoms with Crippen LogP contribution in [0.5, 0.6) is 0 Å². The standard InChI is InChI=1S/C14H22N4O4/c1-13(2,3)22-12(21)16-14(4,5)8-15-11(20)9-6-7-10(19)18-17-9/h6-7H,8H2,1-5H3,(H,15,20)(H,16,21)(H,18,19). The summed E-state index contributed by atoms with van der Waals surface area (Å²) in [6.07, 6.45) is -0.561. The molecule has 0 bridgehead atoms. The van der Waals surface area contributed by atoms with E-state index in [1.807, 2.05) is 0 Å². The third-order valence-corrected chi connectivity index (χ3v) is 2.44. The average molecular weight is 310 g/mol. The second-order valence-electron chi connectivity index (χ2n) is 6.50. The van der Waals surface area contributed by atoms with Crippen LogP contribution in [0.3, 0.4) is 0 Å². The van der Waals surface area contributed by atoms with Gasteiger partial charge in [-0.3, -0.25) is 9.59 Å². The third kappa shape index (κ3) is 6.38. The Hall–Kier alpha value is -2.38. The smallest absolute Gasteiger partial charge is 0.408 e. The van der Waals surface area contributed by atoms with Crippen LogP contribution in [0.2, 0.25) is 0 Å². The number of H-pyrrole nitrogens is 1. The molecule has 0 radical (unpaired) electrons. The number of aromatic nitrogens is 2. The highest BCUT2D eigenvalue weighted by atomic mass is 16.6. The highest BCUT2D eigenvalue weighted by molar-refractivity contribution is 5.92. The molecule has 0 unspecified atom stereocenters. The van der Waals surface area contributed by atoms with Crippen molar-refractivity contribution in [3.8, 4) is 0 Å². The van der Waals surface area contributed by atoms with Crippen LogP contribution in [0.15, 0.2) is 16.9 Å². The summed E-state index contributed by atoms with van der Waals surface area (Å²) in [5, 5.41) is 11.1. The van der Waals surface area contributed by atoms with Crippen LogP contribution in [-0.2, 0) is 4.74 Å². The molecule has 2 amide bonds. The van der Waals surface area contributed by atoms with Gasteiger partial charge in [0, 0.05) is 12.6 Å². The number of ether oxygens (including phenoxy) is 1. The molecule has 0 aliphatic carbocycles. The first-order chi connectivity index (χ1) is 9.98. The molecule has 1 aromatic rings. The van der Waals surface area contributed by atoms with Gasteiger partial charge in [0.25, 0.3) is 11.5 Å². The number of nitrogens with one attached hydrogen (secondary N) is 3. The lowest BCUT2D eigenvalue weighted by atomic mass is 10.1. The van der Waals surface area contributed by atoms with Crippen LogP contribution in [-0.4, -0.2) is 39.9 Å². The molecular formula is C14H22N4O4. The molecule has 1 rings (SSSR count). The number of carbonyl (C=O) groups is 2. The minimum absolute atomic E-state index is 0.0904. The van der Waals surface area contributed by atoms with Gasteiger partial charge in [-0.25, -0.2) is 9.89 Å². The number of amides is 2. The van der Waals surface area contributed by atoms with E-state index < -0.39 is 23.1 Å². The van der Waals surface area contributed by atoms with Crippen LogP contribution < -0.4 is 16.2 Å². The first kappa shape index (κ1) is 17.7. The number of hydrogen-bond acceptors (Lipinski definition) is 5. The number of hydrogen-bond donors (Lipinski definition) is 3. The summed E-state index contributed by atoms with van der Waals surface area (Å²) >= 11 is 0. The maximum absolute atomic E-state index is 11.9. The SMILES string of the molecule is CC(C)(CNC(=O)c1ccc(=O)[nH]n1)NC(=O)OC(C)(C)C. The molecule has 0 aliphatic heterocycles. The van der Waals surface area contributed by atoms with Crippen molar-refractivity contribution in [1.29, 1.82) is 0 Å². The van der Waals surface area contributed by atoms with Crippen LogP contribution in [0.4, 0.5) is 4.79 Å². The first-order valence-electron chi connectivity index (χ1n) is 6.84. The van der Waals surface area contributed by atoms with Gasteiger partial charge in [0.1, 0.15) is 11.3 Å². The molecule has 0 atom stereocenters. The number of aromatic amines is 1. The molecule has 0 saturated heterocycles. The molecule has 3 N–H and O–H groups in total. The molecule has 8 heteroatoms. The zero-order chi connectivity index (χ0) is 17.0. The predicted molar refractivity (Wildman–Crippen MR) is 80.6 cm³/mol. The van der Waals surface area contributed by atoms with Crippen LogP contribution in [0.1, 0.15) is 45.1 Å². The first-order valence-corrected chi connectivity index (χ1v) is 6.84. The fraction of sp³-hybridized carbons (Fsp3) is 0.571. The molecule has 22 heavy (non-hydrogen) atoms. The van der Waals surface area contributed by atoms with Crippen molar-refractivity contribution in [1.82, 2.24) is 20.8 Å². The molecular weight excluding hydrogens is 288 g/mol. The number of rotatable bonds is 4. The number of carbonyl (C=O) groups excluding carboxylic acids is 2. The fourth-order valence-corrected chi connectivity index (χ4v) is 1.49. The monoisotopic (exact) mass is 310 g/mol. The number of alkyl carbamates (subject to hydrolysis) is 1. The van der Waals surface area contributed by atoms with Crippen LogP contribution in [0.25, 0.3) is 0 Å². The topological polar surface area (TPSA) is 113 Å². The zero-order valence-corrected chi connectivity index (χ0v) is 13.4. The molecule has 0 aromatic carbocycles. The summed E-state index contributed by atoms with van der Waals surface area (Å²) in [6.45, 7) is 8.97. The van der Waals surface area contributed by atoms with Crippen molar-refractivity contribution in [3.05, 3.63) is 28.2 Å². The highest BCUT2D eigenvalue weighted by Crippen LogP contribution is 2.09. The Labute approximate surface area is 128 Å². The van der Waals surface area contributed by atoms with E-state index in [0.717, 1.165) is 0 Å². The zero-order valence-electron chi connectivity index (χ0n) is 13.4. The molecule has 0 spiro atoms. The molecule has 1 aromatic heterocycles. The summed E-state index contributed by atoms with van der Waals surface area (Å²) < 4.78 is 5.16. The van der Waals surface area contributed by atoms with E-state index in [1.54, 1.807) is 34.6 Å². The van der Waals surface area contributed by atoms with E-state index in [-0.39, 0.29) is 17.8 Å². The van der Waals surface area contributed by atoms with E-state index >= 15 is 0 Å². The Morgan fingerprint density at radius 3 is 2.36 bits per heavy atom. The summed E-state index contributed by atoms with van der Waals surface area (Å²) in [7, 11) is 0. The fourth-order valence-electron chi connectivity index (χ4n) is 1.49. The maximum atomic E-state index is 11.9. The van der Waals surface area contributed by atoms with Crippen molar-refractivity contribution in [3.63, 3.8) is 0 Å². The Balaban J connectivity index is 2.54. The molecule has 122 valence electrons. The molecule has 0 saturated carbocycles. The van der Waals surface area contributed by atoms with E-state index in [9.17, 15) is 14.4 Å². The Morgan fingerprint density at radius 1 is 1.23 bits per heavy atom. The third-order valence-electron chi connectivity index (χ3n) is 2.44. The lowest BCUT2D eigenvalue weighted by Gasteiger charge is -2.28. The van der Waals surface area contributed by atoms with Crippen LogP contribution in [0, 0.1) is 0 Å². The highest BCUT2D eigenvalue weighted by Gasteiger charge is 2.25. The summed E-state index contributed by atoms with van der Waals surface area (Å²) in [4.78, 5) is 34.5. The Bertz CT molecular complexity index is 581. The number of nitrogens with zero attached hydrogens (tertiary/aromatic N) is 1. The van der Waals surface area contributed by atoms with Crippen molar-refractivity contribution in [2.75, 3.05) is 6.54 Å². The summed E-state index contributed by atoms with van der Waals surface area (Å²) in [5.74, 6) is -0.449. The van der Waals surface area contributed by atoms with E-state index in [0.29, 0.717) is 0 Å². The van der Waals surface area contributed by atoms with Crippen LogP contribution >= 0.6 is 0 Å². The van der Waals surface area contributed by atoms with E-state index in [2.05, 4.69) is 20.8 Å². The van der Waals surface area contributed by atoms with Gasteiger partial charge >= 0.3 is 6.09 Å². The Morgan fingerprint density at radius 2 is 1.86 bits per heavy atom. The minimum atomic E-state index is -0.708. The summed E-state index contributed by atoms with van der Waals surface area (Å²) in [5.41, 5.74) is -1.60. The van der Waals surface area contributed by atoms with E-state index in [1.165, 1.54) is 12.1 Å². The van der Waals surface area contributed by atoms with Crippen molar-refractivity contribution >= 4 is 12.0 Å². The Kier molecular flexibility index (Phi) is 5.29. The molecule has 8 nitrogen and oxygen atoms in total. The quantitative estimate of drug-likeness (QED) is 0.761. The van der Waals surface area contributed by atoms with Gasteiger partial charge < -0.3 is 15.4 Å².